The van der Waals surface area contributed by atoms with E-state index < -0.39 is 6.03 Å². The van der Waals surface area contributed by atoms with Gasteiger partial charge >= 0.3 is 6.03 Å². The van der Waals surface area contributed by atoms with Gasteiger partial charge in [-0.1, -0.05) is 48.5 Å². The monoisotopic (exact) mass is 528 g/mol. The molecule has 39 heavy (non-hydrogen) atoms. The van der Waals surface area contributed by atoms with Gasteiger partial charge in [0.15, 0.2) is 0 Å². The van der Waals surface area contributed by atoms with Crippen molar-refractivity contribution in [1.82, 2.24) is 4.90 Å². The highest BCUT2D eigenvalue weighted by atomic mass is 19.1. The summed E-state index contributed by atoms with van der Waals surface area (Å²) in [5.74, 6) is -0.615. The van der Waals surface area contributed by atoms with Crippen LogP contribution in [0.15, 0.2) is 97.1 Å². The molecule has 1 fully saturated rings. The summed E-state index contributed by atoms with van der Waals surface area (Å²) in [7, 11) is 0. The Morgan fingerprint density at radius 2 is 1.38 bits per heavy atom. The number of hydrogen-bond donors (Lipinski definition) is 2. The normalized spacial score (nSPS) is 14.0. The van der Waals surface area contributed by atoms with Crippen LogP contribution < -0.4 is 15.5 Å². The van der Waals surface area contributed by atoms with E-state index in [0.29, 0.717) is 43.1 Å². The number of piperazine rings is 1. The third kappa shape index (κ3) is 5.77. The van der Waals surface area contributed by atoms with E-state index in [1.807, 2.05) is 42.5 Å². The maximum atomic E-state index is 13.7. The van der Waals surface area contributed by atoms with Crippen molar-refractivity contribution in [3.05, 3.63) is 125 Å². The van der Waals surface area contributed by atoms with Gasteiger partial charge in [-0.2, -0.15) is 0 Å². The van der Waals surface area contributed by atoms with Gasteiger partial charge in [0, 0.05) is 26.2 Å². The molecular formula is C31H30F2N4O2. The fraction of sp³-hybridized carbons (Fsp3) is 0.194. The van der Waals surface area contributed by atoms with Crippen molar-refractivity contribution in [3.63, 3.8) is 0 Å². The largest absolute Gasteiger partial charge is 0.392 e. The average molecular weight is 529 g/mol. The van der Waals surface area contributed by atoms with Crippen molar-refractivity contribution in [2.24, 2.45) is 5.73 Å². The van der Waals surface area contributed by atoms with Crippen LogP contribution in [-0.4, -0.2) is 42.2 Å². The number of nitrogens with zero attached hydrogens (tertiary/aromatic N) is 3. The molecule has 0 bridgehead atoms. The van der Waals surface area contributed by atoms with Crippen LogP contribution in [0, 0.1) is 11.6 Å². The van der Waals surface area contributed by atoms with E-state index in [2.05, 4.69) is 9.80 Å². The fourth-order valence-corrected chi connectivity index (χ4v) is 5.20. The van der Waals surface area contributed by atoms with Crippen LogP contribution in [-0.2, 0) is 6.61 Å². The average Bonchev–Trinajstić information content (AvgIpc) is 2.96. The second kappa shape index (κ2) is 11.6. The van der Waals surface area contributed by atoms with Crippen molar-refractivity contribution in [2.75, 3.05) is 36.0 Å². The van der Waals surface area contributed by atoms with Gasteiger partial charge < -0.3 is 15.7 Å². The molecule has 0 unspecified atom stereocenters. The van der Waals surface area contributed by atoms with E-state index in [1.54, 1.807) is 30.3 Å². The van der Waals surface area contributed by atoms with Crippen LogP contribution in [0.3, 0.4) is 0 Å². The second-order valence-electron chi connectivity index (χ2n) is 9.52. The van der Waals surface area contributed by atoms with Gasteiger partial charge in [0.2, 0.25) is 0 Å². The van der Waals surface area contributed by atoms with Gasteiger partial charge in [-0.3, -0.25) is 9.80 Å². The maximum absolute atomic E-state index is 13.7. The minimum absolute atomic E-state index is 0.167. The molecule has 4 aromatic rings. The number of urea groups is 1. The molecule has 8 heteroatoms. The standard InChI is InChI=1S/C31H30F2N4O2/c32-25-11-7-23(8-12-25)30(24-9-13-26(33)14-10-24)36-18-16-35(17-19-36)28-15-6-22(21-38)20-29(28)37(31(34)39)27-4-2-1-3-5-27/h1-15,20,30,38H,16-19,21H2,(H2,34,39). The topological polar surface area (TPSA) is 73.0 Å². The lowest BCUT2D eigenvalue weighted by molar-refractivity contribution is 0.212. The maximum Gasteiger partial charge on any atom is 0.323 e. The minimum Gasteiger partial charge on any atom is -0.392 e. The fourth-order valence-electron chi connectivity index (χ4n) is 5.20. The number of aliphatic hydroxyl groups excluding tert-OH is 1. The van der Waals surface area contributed by atoms with Gasteiger partial charge in [-0.05, 0) is 65.2 Å². The second-order valence-corrected chi connectivity index (χ2v) is 9.52. The van der Waals surface area contributed by atoms with E-state index in [-0.39, 0.29) is 24.3 Å². The number of nitrogens with two attached hydrogens (primary N) is 1. The van der Waals surface area contributed by atoms with Gasteiger partial charge in [0.05, 0.1) is 29.7 Å². The van der Waals surface area contributed by atoms with Crippen molar-refractivity contribution < 1.29 is 18.7 Å². The molecule has 0 atom stereocenters. The van der Waals surface area contributed by atoms with Crippen LogP contribution in [0.4, 0.5) is 30.6 Å². The Hall–Kier alpha value is -4.27. The summed E-state index contributed by atoms with van der Waals surface area (Å²) in [6.07, 6.45) is 0. The molecule has 200 valence electrons. The summed E-state index contributed by atoms with van der Waals surface area (Å²) in [6.45, 7) is 2.46. The summed E-state index contributed by atoms with van der Waals surface area (Å²) < 4.78 is 27.4. The summed E-state index contributed by atoms with van der Waals surface area (Å²) in [5.41, 5.74) is 10.4. The minimum atomic E-state index is -0.621. The highest BCUT2D eigenvalue weighted by Gasteiger charge is 2.29. The summed E-state index contributed by atoms with van der Waals surface area (Å²) in [5, 5.41) is 9.80. The predicted octanol–water partition coefficient (Wildman–Crippen LogP) is 5.59. The third-order valence-electron chi connectivity index (χ3n) is 7.09. The number of halogens is 2. The number of carbonyl (C=O) groups excluding carboxylic acids is 1. The van der Waals surface area contributed by atoms with E-state index >= 15 is 0 Å². The van der Waals surface area contributed by atoms with E-state index in [4.69, 9.17) is 5.73 Å². The zero-order valence-corrected chi connectivity index (χ0v) is 21.4. The molecule has 3 N–H and O–H groups in total. The molecule has 2 amide bonds. The van der Waals surface area contributed by atoms with Gasteiger partial charge in [0.25, 0.3) is 0 Å². The molecule has 0 aromatic heterocycles. The smallest absolute Gasteiger partial charge is 0.323 e. The van der Waals surface area contributed by atoms with E-state index in [1.165, 1.54) is 29.2 Å². The highest BCUT2D eigenvalue weighted by Crippen LogP contribution is 2.37. The number of benzene rings is 4. The Bertz CT molecular complexity index is 1360. The molecule has 0 saturated carbocycles. The third-order valence-corrected chi connectivity index (χ3v) is 7.09. The van der Waals surface area contributed by atoms with Crippen LogP contribution in [0.5, 0.6) is 0 Å². The number of amides is 2. The summed E-state index contributed by atoms with van der Waals surface area (Å²) in [4.78, 5) is 18.6. The number of rotatable bonds is 7. The Labute approximate surface area is 226 Å². The first-order valence-corrected chi connectivity index (χ1v) is 12.8. The number of para-hydroxylation sites is 1. The van der Waals surface area contributed by atoms with Crippen molar-refractivity contribution >= 4 is 23.1 Å². The molecule has 0 aliphatic carbocycles. The molecule has 0 radical (unpaired) electrons. The molecule has 4 aromatic carbocycles. The van der Waals surface area contributed by atoms with Crippen molar-refractivity contribution in [3.8, 4) is 0 Å². The highest BCUT2D eigenvalue weighted by molar-refractivity contribution is 6.01. The van der Waals surface area contributed by atoms with Crippen molar-refractivity contribution in [2.45, 2.75) is 12.6 Å². The number of anilines is 3. The van der Waals surface area contributed by atoms with Crippen molar-refractivity contribution in [1.29, 1.82) is 0 Å². The first kappa shape index (κ1) is 26.3. The van der Waals surface area contributed by atoms with Gasteiger partial charge in [-0.25, -0.2) is 13.6 Å². The quantitative estimate of drug-likeness (QED) is 0.328. The number of primary amides is 1. The molecule has 1 aliphatic heterocycles. The van der Waals surface area contributed by atoms with E-state index in [0.717, 1.165) is 16.8 Å². The molecule has 0 spiro atoms. The Balaban J connectivity index is 1.45. The zero-order chi connectivity index (χ0) is 27.4. The molecule has 1 heterocycles. The molecule has 1 saturated heterocycles. The Kier molecular flexibility index (Phi) is 7.86. The molecule has 1 aliphatic rings. The first-order valence-electron chi connectivity index (χ1n) is 12.8. The van der Waals surface area contributed by atoms with Crippen LogP contribution in [0.25, 0.3) is 0 Å². The molecule has 6 nitrogen and oxygen atoms in total. The number of hydrogen-bond acceptors (Lipinski definition) is 4. The number of aliphatic hydroxyl groups is 1. The van der Waals surface area contributed by atoms with Crippen LogP contribution in [0.1, 0.15) is 22.7 Å². The SMILES string of the molecule is NC(=O)N(c1ccccc1)c1cc(CO)ccc1N1CCN(C(c2ccc(F)cc2)c2ccc(F)cc2)CC1. The molecular weight excluding hydrogens is 498 g/mol. The van der Waals surface area contributed by atoms with Crippen LogP contribution in [0.2, 0.25) is 0 Å². The first-order chi connectivity index (χ1) is 18.9. The van der Waals surface area contributed by atoms with E-state index in [9.17, 15) is 18.7 Å². The number of carbonyl (C=O) groups is 1. The Morgan fingerprint density at radius 3 is 1.90 bits per heavy atom. The lowest BCUT2D eigenvalue weighted by Crippen LogP contribution is -2.48. The van der Waals surface area contributed by atoms with Gasteiger partial charge in [0.1, 0.15) is 11.6 Å². The van der Waals surface area contributed by atoms with Gasteiger partial charge in [-0.15, -0.1) is 0 Å². The summed E-state index contributed by atoms with van der Waals surface area (Å²) in [6, 6.07) is 26.8. The zero-order valence-electron chi connectivity index (χ0n) is 21.4. The Morgan fingerprint density at radius 1 is 0.821 bits per heavy atom. The summed E-state index contributed by atoms with van der Waals surface area (Å²) >= 11 is 0. The lowest BCUT2D eigenvalue weighted by atomic mass is 9.96. The molecule has 5 rings (SSSR count). The van der Waals surface area contributed by atoms with Crippen LogP contribution >= 0.6 is 0 Å². The predicted molar refractivity (Wildman–Crippen MR) is 149 cm³/mol. The lowest BCUT2D eigenvalue weighted by Gasteiger charge is -2.41.